The minimum Gasteiger partial charge on any atom is -0.352 e. The second-order valence-corrected chi connectivity index (χ2v) is 6.11. The highest BCUT2D eigenvalue weighted by molar-refractivity contribution is 7.92. The molecule has 0 radical (unpaired) electrons. The Labute approximate surface area is 117 Å². The smallest absolute Gasteiger partial charge is 0.263 e. The SMILES string of the molecule is CNCc1cc(S(=O)(=O)Nc2cccc(F)c2)cn1C. The summed E-state index contributed by atoms with van der Waals surface area (Å²) in [5, 5.41) is 2.96. The Morgan fingerprint density at radius 2 is 2.05 bits per heavy atom. The third kappa shape index (κ3) is 3.17. The molecule has 2 N–H and O–H groups in total. The zero-order chi connectivity index (χ0) is 14.8. The summed E-state index contributed by atoms with van der Waals surface area (Å²) in [5.41, 5.74) is 1.04. The maximum atomic E-state index is 13.1. The highest BCUT2D eigenvalue weighted by Gasteiger charge is 2.17. The largest absolute Gasteiger partial charge is 0.352 e. The lowest BCUT2D eigenvalue weighted by Gasteiger charge is -2.06. The van der Waals surface area contributed by atoms with Crippen molar-refractivity contribution >= 4 is 15.7 Å². The van der Waals surface area contributed by atoms with Crippen LogP contribution in [0, 0.1) is 5.82 Å². The van der Waals surface area contributed by atoms with Gasteiger partial charge in [0, 0.05) is 25.5 Å². The van der Waals surface area contributed by atoms with Gasteiger partial charge in [0.2, 0.25) is 0 Å². The van der Waals surface area contributed by atoms with E-state index >= 15 is 0 Å². The lowest BCUT2D eigenvalue weighted by molar-refractivity contribution is 0.601. The van der Waals surface area contributed by atoms with E-state index in [-0.39, 0.29) is 10.6 Å². The first-order valence-corrected chi connectivity index (χ1v) is 7.49. The van der Waals surface area contributed by atoms with Gasteiger partial charge in [-0.3, -0.25) is 4.72 Å². The van der Waals surface area contributed by atoms with E-state index in [1.54, 1.807) is 24.7 Å². The number of aromatic nitrogens is 1. The molecular formula is C13H16FN3O2S. The van der Waals surface area contributed by atoms with Crippen LogP contribution in [0.25, 0.3) is 0 Å². The molecule has 0 aliphatic carbocycles. The van der Waals surface area contributed by atoms with E-state index in [1.165, 1.54) is 24.4 Å². The number of nitrogens with one attached hydrogen (secondary N) is 2. The topological polar surface area (TPSA) is 63.1 Å². The van der Waals surface area contributed by atoms with Gasteiger partial charge in [-0.1, -0.05) is 6.07 Å². The first-order chi connectivity index (χ1) is 9.42. The summed E-state index contributed by atoms with van der Waals surface area (Å²) in [6.07, 6.45) is 1.52. The molecule has 108 valence electrons. The minimum absolute atomic E-state index is 0.148. The van der Waals surface area contributed by atoms with Crippen LogP contribution < -0.4 is 10.0 Å². The van der Waals surface area contributed by atoms with Crippen molar-refractivity contribution < 1.29 is 12.8 Å². The van der Waals surface area contributed by atoms with Gasteiger partial charge in [0.25, 0.3) is 10.0 Å². The summed E-state index contributed by atoms with van der Waals surface area (Å²) in [6.45, 7) is 0.561. The number of nitrogens with zero attached hydrogens (tertiary/aromatic N) is 1. The van der Waals surface area contributed by atoms with Gasteiger partial charge in [-0.2, -0.15) is 0 Å². The third-order valence-electron chi connectivity index (χ3n) is 2.83. The molecule has 0 aliphatic rings. The molecular weight excluding hydrogens is 281 g/mol. The van der Waals surface area contributed by atoms with Crippen LogP contribution >= 0.6 is 0 Å². The number of anilines is 1. The molecule has 7 heteroatoms. The number of halogens is 1. The molecule has 20 heavy (non-hydrogen) atoms. The van der Waals surface area contributed by atoms with E-state index in [1.807, 2.05) is 0 Å². The average Bonchev–Trinajstić information content (AvgIpc) is 2.72. The van der Waals surface area contributed by atoms with E-state index in [0.29, 0.717) is 6.54 Å². The van der Waals surface area contributed by atoms with E-state index in [9.17, 15) is 12.8 Å². The van der Waals surface area contributed by atoms with Gasteiger partial charge in [-0.25, -0.2) is 12.8 Å². The number of sulfonamides is 1. The van der Waals surface area contributed by atoms with Crippen LogP contribution in [-0.4, -0.2) is 20.0 Å². The van der Waals surface area contributed by atoms with Gasteiger partial charge < -0.3 is 9.88 Å². The van der Waals surface area contributed by atoms with Crippen LogP contribution in [0.3, 0.4) is 0 Å². The predicted octanol–water partition coefficient (Wildman–Crippen LogP) is 1.68. The Balaban J connectivity index is 2.28. The normalized spacial score (nSPS) is 11.6. The van der Waals surface area contributed by atoms with Crippen molar-refractivity contribution in [1.82, 2.24) is 9.88 Å². The monoisotopic (exact) mass is 297 g/mol. The van der Waals surface area contributed by atoms with E-state index in [2.05, 4.69) is 10.0 Å². The molecule has 0 saturated carbocycles. The summed E-state index contributed by atoms with van der Waals surface area (Å²) < 4.78 is 41.6. The van der Waals surface area contributed by atoms with E-state index in [0.717, 1.165) is 11.8 Å². The van der Waals surface area contributed by atoms with Gasteiger partial charge in [0.05, 0.1) is 5.69 Å². The summed E-state index contributed by atoms with van der Waals surface area (Å²) in [5.74, 6) is -0.492. The van der Waals surface area contributed by atoms with Gasteiger partial charge >= 0.3 is 0 Å². The van der Waals surface area contributed by atoms with Crippen molar-refractivity contribution in [2.24, 2.45) is 7.05 Å². The lowest BCUT2D eigenvalue weighted by atomic mass is 10.3. The molecule has 0 bridgehead atoms. The fraction of sp³-hybridized carbons (Fsp3) is 0.231. The summed E-state index contributed by atoms with van der Waals surface area (Å²) in [4.78, 5) is 0.148. The Morgan fingerprint density at radius 3 is 2.70 bits per heavy atom. The Morgan fingerprint density at radius 1 is 1.30 bits per heavy atom. The van der Waals surface area contributed by atoms with E-state index in [4.69, 9.17) is 0 Å². The van der Waals surface area contributed by atoms with Gasteiger partial charge in [0.15, 0.2) is 0 Å². The van der Waals surface area contributed by atoms with Crippen LogP contribution in [0.2, 0.25) is 0 Å². The number of benzene rings is 1. The number of hydrogen-bond donors (Lipinski definition) is 2. The highest BCUT2D eigenvalue weighted by Crippen LogP contribution is 2.18. The second-order valence-electron chi connectivity index (χ2n) is 4.42. The van der Waals surface area contributed by atoms with Crippen molar-refractivity contribution in [3.63, 3.8) is 0 Å². The minimum atomic E-state index is -3.72. The lowest BCUT2D eigenvalue weighted by Crippen LogP contribution is -2.12. The number of rotatable bonds is 5. The first-order valence-electron chi connectivity index (χ1n) is 6.00. The average molecular weight is 297 g/mol. The number of hydrogen-bond acceptors (Lipinski definition) is 3. The molecule has 0 unspecified atom stereocenters. The Bertz CT molecular complexity index is 710. The second kappa shape index (κ2) is 5.64. The maximum absolute atomic E-state index is 13.1. The van der Waals surface area contributed by atoms with E-state index < -0.39 is 15.8 Å². The summed E-state index contributed by atoms with van der Waals surface area (Å²) in [7, 11) is -0.160. The molecule has 0 atom stereocenters. The van der Waals surface area contributed by atoms with Crippen molar-refractivity contribution in [1.29, 1.82) is 0 Å². The molecule has 0 spiro atoms. The Kier molecular flexibility index (Phi) is 4.10. The van der Waals surface area contributed by atoms with Crippen molar-refractivity contribution in [3.8, 4) is 0 Å². The van der Waals surface area contributed by atoms with Crippen molar-refractivity contribution in [2.75, 3.05) is 11.8 Å². The summed E-state index contributed by atoms with van der Waals surface area (Å²) >= 11 is 0. The van der Waals surface area contributed by atoms with Gasteiger partial charge in [-0.05, 0) is 31.3 Å². The molecule has 5 nitrogen and oxygen atoms in total. The first kappa shape index (κ1) is 14.5. The Hall–Kier alpha value is -1.86. The van der Waals surface area contributed by atoms with Crippen LogP contribution in [-0.2, 0) is 23.6 Å². The zero-order valence-corrected chi connectivity index (χ0v) is 12.0. The molecule has 1 heterocycles. The molecule has 2 rings (SSSR count). The molecule has 1 aromatic heterocycles. The van der Waals surface area contributed by atoms with Crippen LogP contribution in [0.15, 0.2) is 41.4 Å². The predicted molar refractivity (Wildman–Crippen MR) is 75.4 cm³/mol. The quantitative estimate of drug-likeness (QED) is 0.882. The molecule has 2 aromatic rings. The van der Waals surface area contributed by atoms with Crippen molar-refractivity contribution in [3.05, 3.63) is 48.0 Å². The molecule has 0 saturated heterocycles. The van der Waals surface area contributed by atoms with Crippen LogP contribution in [0.4, 0.5) is 10.1 Å². The van der Waals surface area contributed by atoms with Crippen molar-refractivity contribution in [2.45, 2.75) is 11.4 Å². The van der Waals surface area contributed by atoms with Crippen LogP contribution in [0.1, 0.15) is 5.69 Å². The zero-order valence-electron chi connectivity index (χ0n) is 11.2. The molecule has 0 fully saturated rings. The van der Waals surface area contributed by atoms with Gasteiger partial charge in [-0.15, -0.1) is 0 Å². The summed E-state index contributed by atoms with van der Waals surface area (Å²) in [6, 6.07) is 6.92. The molecule has 0 aliphatic heterocycles. The maximum Gasteiger partial charge on any atom is 0.263 e. The molecule has 0 amide bonds. The number of aryl methyl sites for hydroxylation is 1. The third-order valence-corrected chi connectivity index (χ3v) is 4.18. The molecule has 1 aromatic carbocycles. The fourth-order valence-corrected chi connectivity index (χ4v) is 2.99. The fourth-order valence-electron chi connectivity index (χ4n) is 1.85. The van der Waals surface area contributed by atoms with Gasteiger partial charge in [0.1, 0.15) is 10.7 Å². The van der Waals surface area contributed by atoms with Crippen LogP contribution in [0.5, 0.6) is 0 Å². The highest BCUT2D eigenvalue weighted by atomic mass is 32.2. The standard InChI is InChI=1S/C13H16FN3O2S/c1-15-8-12-7-13(9-17(12)2)20(18,19)16-11-5-3-4-10(14)6-11/h3-7,9,15-16H,8H2,1-2H3.